The minimum atomic E-state index is 0.517. The first-order valence-corrected chi connectivity index (χ1v) is 6.58. The zero-order chi connectivity index (χ0) is 14.3. The Morgan fingerprint density at radius 1 is 1.05 bits per heavy atom. The topological polar surface area (TPSA) is 47.1 Å². The molecule has 0 saturated heterocycles. The zero-order valence-electron chi connectivity index (χ0n) is 12.0. The van der Waals surface area contributed by atoms with E-state index in [0.29, 0.717) is 5.95 Å². The highest BCUT2D eigenvalue weighted by atomic mass is 15.2. The van der Waals surface area contributed by atoms with Gasteiger partial charge in [-0.3, -0.25) is 4.57 Å². The maximum absolute atomic E-state index is 6.07. The van der Waals surface area contributed by atoms with Crippen LogP contribution in [0.4, 0.5) is 11.6 Å². The molecule has 3 aromatic rings. The van der Waals surface area contributed by atoms with Gasteiger partial charge in [0.1, 0.15) is 0 Å². The second-order valence-corrected chi connectivity index (χ2v) is 5.21. The smallest absolute Gasteiger partial charge is 0.205 e. The van der Waals surface area contributed by atoms with Gasteiger partial charge in [-0.15, -0.1) is 0 Å². The molecule has 0 unspecified atom stereocenters. The molecule has 102 valence electrons. The summed E-state index contributed by atoms with van der Waals surface area (Å²) in [6, 6.07) is 14.5. The number of fused-ring (bicyclic) bond motifs is 1. The van der Waals surface area contributed by atoms with Crippen molar-refractivity contribution in [3.63, 3.8) is 0 Å². The summed E-state index contributed by atoms with van der Waals surface area (Å²) in [6.45, 7) is 2.07. The fourth-order valence-corrected chi connectivity index (χ4v) is 2.38. The van der Waals surface area contributed by atoms with Crippen LogP contribution in [-0.2, 0) is 0 Å². The van der Waals surface area contributed by atoms with E-state index in [-0.39, 0.29) is 0 Å². The van der Waals surface area contributed by atoms with Crippen molar-refractivity contribution in [1.29, 1.82) is 0 Å². The monoisotopic (exact) mass is 266 g/mol. The van der Waals surface area contributed by atoms with E-state index in [9.17, 15) is 0 Å². The minimum absolute atomic E-state index is 0.517. The van der Waals surface area contributed by atoms with Gasteiger partial charge < -0.3 is 10.6 Å². The normalized spacial score (nSPS) is 10.9. The van der Waals surface area contributed by atoms with Crippen LogP contribution >= 0.6 is 0 Å². The number of hydrogen-bond donors (Lipinski definition) is 1. The van der Waals surface area contributed by atoms with Gasteiger partial charge in [0.25, 0.3) is 0 Å². The Hall–Kier alpha value is -2.49. The van der Waals surface area contributed by atoms with E-state index in [1.54, 1.807) is 0 Å². The number of nitrogen functional groups attached to an aromatic ring is 1. The van der Waals surface area contributed by atoms with Crippen molar-refractivity contribution in [3.8, 4) is 5.69 Å². The quantitative estimate of drug-likeness (QED) is 0.775. The second-order valence-electron chi connectivity index (χ2n) is 5.21. The predicted octanol–water partition coefficient (Wildman–Crippen LogP) is 2.98. The number of aryl methyl sites for hydroxylation is 1. The summed E-state index contributed by atoms with van der Waals surface area (Å²) < 4.78 is 1.99. The Morgan fingerprint density at radius 3 is 2.40 bits per heavy atom. The summed E-state index contributed by atoms with van der Waals surface area (Å²) in [4.78, 5) is 6.49. The summed E-state index contributed by atoms with van der Waals surface area (Å²) >= 11 is 0. The molecule has 20 heavy (non-hydrogen) atoms. The van der Waals surface area contributed by atoms with Crippen molar-refractivity contribution < 1.29 is 0 Å². The minimum Gasteiger partial charge on any atom is -0.378 e. The number of nitrogens with two attached hydrogens (primary N) is 1. The molecule has 2 N–H and O–H groups in total. The Kier molecular flexibility index (Phi) is 2.86. The highest BCUT2D eigenvalue weighted by molar-refractivity contribution is 5.81. The van der Waals surface area contributed by atoms with Gasteiger partial charge >= 0.3 is 0 Å². The number of rotatable bonds is 2. The molecular weight excluding hydrogens is 248 g/mol. The molecule has 4 heteroatoms. The van der Waals surface area contributed by atoms with E-state index in [4.69, 9.17) is 5.73 Å². The third-order valence-corrected chi connectivity index (χ3v) is 3.46. The molecule has 1 aromatic heterocycles. The number of aromatic nitrogens is 2. The first-order chi connectivity index (χ1) is 9.56. The lowest BCUT2D eigenvalue weighted by Gasteiger charge is -2.13. The van der Waals surface area contributed by atoms with E-state index in [2.05, 4.69) is 47.1 Å². The SMILES string of the molecule is Cc1ccc2nc(N)n(-c3ccc(N(C)C)cc3)c2c1. The summed E-state index contributed by atoms with van der Waals surface area (Å²) in [7, 11) is 4.05. The fourth-order valence-electron chi connectivity index (χ4n) is 2.38. The molecule has 0 fully saturated rings. The van der Waals surface area contributed by atoms with Crippen LogP contribution in [0.3, 0.4) is 0 Å². The Morgan fingerprint density at radius 2 is 1.75 bits per heavy atom. The van der Waals surface area contributed by atoms with Gasteiger partial charge in [0.2, 0.25) is 5.95 Å². The molecule has 4 nitrogen and oxygen atoms in total. The molecule has 0 radical (unpaired) electrons. The van der Waals surface area contributed by atoms with Crippen LogP contribution in [0.2, 0.25) is 0 Å². The number of hydrogen-bond acceptors (Lipinski definition) is 3. The summed E-state index contributed by atoms with van der Waals surface area (Å²) in [6.07, 6.45) is 0. The van der Waals surface area contributed by atoms with Crippen LogP contribution in [0.5, 0.6) is 0 Å². The lowest BCUT2D eigenvalue weighted by Crippen LogP contribution is -2.08. The van der Waals surface area contributed by atoms with Crippen LogP contribution in [0, 0.1) is 6.92 Å². The van der Waals surface area contributed by atoms with Crippen molar-refractivity contribution in [2.45, 2.75) is 6.92 Å². The predicted molar refractivity (Wildman–Crippen MR) is 84.5 cm³/mol. The molecule has 3 rings (SSSR count). The number of imidazole rings is 1. The van der Waals surface area contributed by atoms with E-state index in [1.165, 1.54) is 5.56 Å². The maximum Gasteiger partial charge on any atom is 0.205 e. The molecule has 0 aliphatic heterocycles. The van der Waals surface area contributed by atoms with Crippen molar-refractivity contribution in [2.75, 3.05) is 24.7 Å². The van der Waals surface area contributed by atoms with Crippen molar-refractivity contribution >= 4 is 22.7 Å². The van der Waals surface area contributed by atoms with E-state index >= 15 is 0 Å². The number of benzene rings is 2. The average Bonchev–Trinajstić information content (AvgIpc) is 2.74. The molecule has 0 aliphatic carbocycles. The molecule has 0 spiro atoms. The molecule has 0 amide bonds. The highest BCUT2D eigenvalue weighted by Gasteiger charge is 2.10. The summed E-state index contributed by atoms with van der Waals surface area (Å²) in [5, 5.41) is 0. The number of nitrogens with zero attached hydrogens (tertiary/aromatic N) is 3. The Labute approximate surface area is 118 Å². The molecular formula is C16H18N4. The number of anilines is 2. The van der Waals surface area contributed by atoms with Gasteiger partial charge in [-0.05, 0) is 48.9 Å². The average molecular weight is 266 g/mol. The van der Waals surface area contributed by atoms with Gasteiger partial charge in [-0.25, -0.2) is 4.98 Å². The van der Waals surface area contributed by atoms with Crippen LogP contribution in [0.1, 0.15) is 5.56 Å². The van der Waals surface area contributed by atoms with Crippen molar-refractivity contribution in [1.82, 2.24) is 9.55 Å². The van der Waals surface area contributed by atoms with Crippen molar-refractivity contribution in [2.24, 2.45) is 0 Å². The largest absolute Gasteiger partial charge is 0.378 e. The van der Waals surface area contributed by atoms with Gasteiger partial charge in [0.05, 0.1) is 11.0 Å². The molecule has 0 saturated carbocycles. The first-order valence-electron chi connectivity index (χ1n) is 6.58. The first kappa shape index (κ1) is 12.5. The van der Waals surface area contributed by atoms with E-state index < -0.39 is 0 Å². The molecule has 2 aromatic carbocycles. The molecule has 0 atom stereocenters. The zero-order valence-corrected chi connectivity index (χ0v) is 12.0. The summed E-state index contributed by atoms with van der Waals surface area (Å²) in [5.41, 5.74) is 11.4. The van der Waals surface area contributed by atoms with Crippen LogP contribution in [0.25, 0.3) is 16.7 Å². The van der Waals surface area contributed by atoms with E-state index in [1.807, 2.05) is 30.8 Å². The molecule has 0 aliphatic rings. The lowest BCUT2D eigenvalue weighted by atomic mass is 10.2. The van der Waals surface area contributed by atoms with Gasteiger partial charge in [-0.2, -0.15) is 0 Å². The Bertz CT molecular complexity index is 754. The third kappa shape index (κ3) is 1.99. The third-order valence-electron chi connectivity index (χ3n) is 3.46. The van der Waals surface area contributed by atoms with Crippen LogP contribution < -0.4 is 10.6 Å². The maximum atomic E-state index is 6.07. The highest BCUT2D eigenvalue weighted by Crippen LogP contribution is 2.25. The van der Waals surface area contributed by atoms with Crippen molar-refractivity contribution in [3.05, 3.63) is 48.0 Å². The second kappa shape index (κ2) is 4.56. The van der Waals surface area contributed by atoms with Crippen LogP contribution in [-0.4, -0.2) is 23.6 Å². The molecule has 1 heterocycles. The van der Waals surface area contributed by atoms with E-state index in [0.717, 1.165) is 22.4 Å². The van der Waals surface area contributed by atoms with Gasteiger partial charge in [0, 0.05) is 25.5 Å². The van der Waals surface area contributed by atoms with Gasteiger partial charge in [-0.1, -0.05) is 6.07 Å². The Balaban J connectivity index is 2.18. The summed E-state index contributed by atoms with van der Waals surface area (Å²) in [5.74, 6) is 0.517. The van der Waals surface area contributed by atoms with Gasteiger partial charge in [0.15, 0.2) is 0 Å². The molecule has 0 bridgehead atoms. The fraction of sp³-hybridized carbons (Fsp3) is 0.188. The standard InChI is InChI=1S/C16H18N4/c1-11-4-9-14-15(10-11)20(16(17)18-14)13-7-5-12(6-8-13)19(2)3/h4-10H,1-3H3,(H2,17,18). The lowest BCUT2D eigenvalue weighted by molar-refractivity contribution is 1.09. The van der Waals surface area contributed by atoms with Crippen LogP contribution in [0.15, 0.2) is 42.5 Å².